The van der Waals surface area contributed by atoms with Crippen molar-refractivity contribution < 1.29 is 28.6 Å². The van der Waals surface area contributed by atoms with Crippen LogP contribution in [0.5, 0.6) is 0 Å². The molecule has 10 aromatic carbocycles. The minimum absolute atomic E-state index is 0. The molecular formula is C73H61IrN3O-2. The topological polar surface area (TPSA) is 43.9 Å². The van der Waals surface area contributed by atoms with Gasteiger partial charge in [-0.15, -0.1) is 47.5 Å². The van der Waals surface area contributed by atoms with Crippen molar-refractivity contribution >= 4 is 54.5 Å². The molecule has 13 aromatic rings. The van der Waals surface area contributed by atoms with Gasteiger partial charge in [-0.05, 0) is 131 Å². The number of para-hydroxylation sites is 2. The van der Waals surface area contributed by atoms with E-state index < -0.39 is 6.85 Å². The summed E-state index contributed by atoms with van der Waals surface area (Å²) in [6, 6.07) is 78.3. The standard InChI is InChI=1S/C51H39N2O.C22H22N.Ir/c1-31(2)42-28-38(35-23-21-34(22-24-35)33-13-6-5-7-14-33)29-43(32(3)4)49(42)53-47-20-11-10-19-46(47)52-51(53)41-18-12-17-40-45-27-37-26-25-36-15-8-9-16-39(36)44(37)30-48(45)54-50(40)41;1-16-10-11-18(14-20(16)17-8-6-5-7-9-17)21-15-19(12-13-23-21)22(2,3)4;/h5-17,19-32H,1-4H3;5-10,12-15H,1-4H3;/q2*-1;/i;1D3;. The second kappa shape index (κ2) is 21.3. The molecule has 0 N–H and O–H groups in total. The van der Waals surface area contributed by atoms with E-state index in [9.17, 15) is 0 Å². The predicted octanol–water partition coefficient (Wildman–Crippen LogP) is 20.1. The van der Waals surface area contributed by atoms with Crippen molar-refractivity contribution in [3.8, 4) is 61.7 Å². The zero-order valence-corrected chi connectivity index (χ0v) is 47.3. The molecule has 13 rings (SSSR count). The van der Waals surface area contributed by atoms with Crippen LogP contribution in [0, 0.1) is 19.0 Å². The van der Waals surface area contributed by atoms with Gasteiger partial charge in [0.2, 0.25) is 0 Å². The third-order valence-electron chi connectivity index (χ3n) is 15.0. The minimum Gasteiger partial charge on any atom is -0.501 e. The molecule has 385 valence electrons. The Balaban J connectivity index is 0.000000216. The molecule has 5 heteroatoms. The fourth-order valence-electron chi connectivity index (χ4n) is 10.8. The molecule has 1 radical (unpaired) electrons. The third kappa shape index (κ3) is 9.79. The Hall–Kier alpha value is -8.21. The summed E-state index contributed by atoms with van der Waals surface area (Å²) in [7, 11) is 0. The first-order chi connectivity index (χ1) is 38.6. The van der Waals surface area contributed by atoms with Crippen LogP contribution in [0.2, 0.25) is 0 Å². The number of aromatic nitrogens is 3. The largest absolute Gasteiger partial charge is 0.501 e. The second-order valence-corrected chi connectivity index (χ2v) is 21.8. The summed E-state index contributed by atoms with van der Waals surface area (Å²) in [5.41, 5.74) is 17.8. The first kappa shape index (κ1) is 48.2. The normalized spacial score (nSPS) is 12.4. The van der Waals surface area contributed by atoms with Gasteiger partial charge in [-0.2, -0.15) is 0 Å². The summed E-state index contributed by atoms with van der Waals surface area (Å²) in [6.07, 6.45) is 1.80. The van der Waals surface area contributed by atoms with Gasteiger partial charge >= 0.3 is 0 Å². The summed E-state index contributed by atoms with van der Waals surface area (Å²) >= 11 is 0. The number of furan rings is 1. The monoisotopic (exact) mass is 1190 g/mol. The molecule has 0 bridgehead atoms. The molecule has 0 spiro atoms. The van der Waals surface area contributed by atoms with Crippen molar-refractivity contribution in [2.75, 3.05) is 0 Å². The number of benzene rings is 10. The molecule has 0 aliphatic heterocycles. The van der Waals surface area contributed by atoms with Crippen LogP contribution in [0.4, 0.5) is 0 Å². The quantitative estimate of drug-likeness (QED) is 0.112. The van der Waals surface area contributed by atoms with Gasteiger partial charge in [-0.25, -0.2) is 0 Å². The van der Waals surface area contributed by atoms with Crippen LogP contribution in [0.1, 0.15) is 86.7 Å². The molecule has 0 saturated carbocycles. The average Bonchev–Trinajstić information content (AvgIpc) is 3.39. The number of pyridine rings is 1. The maximum Gasteiger partial charge on any atom is 0.121 e. The van der Waals surface area contributed by atoms with Crippen molar-refractivity contribution in [3.63, 3.8) is 0 Å². The summed E-state index contributed by atoms with van der Waals surface area (Å²) in [5.74, 6) is 1.34. The number of hydrogen-bond donors (Lipinski definition) is 0. The molecule has 78 heavy (non-hydrogen) atoms. The number of hydrogen-bond acceptors (Lipinski definition) is 3. The first-order valence-corrected chi connectivity index (χ1v) is 26.7. The number of imidazole rings is 1. The van der Waals surface area contributed by atoms with Gasteiger partial charge in [0.05, 0.1) is 22.4 Å². The van der Waals surface area contributed by atoms with E-state index in [1.807, 2.05) is 48.5 Å². The van der Waals surface area contributed by atoms with Gasteiger partial charge in [-0.1, -0.05) is 211 Å². The number of aryl methyl sites for hydroxylation is 1. The minimum atomic E-state index is -2.19. The molecule has 0 saturated heterocycles. The van der Waals surface area contributed by atoms with Gasteiger partial charge < -0.3 is 14.0 Å². The van der Waals surface area contributed by atoms with Gasteiger partial charge in [0, 0.05) is 41.5 Å². The molecule has 0 amide bonds. The maximum absolute atomic E-state index is 7.85. The molecule has 0 atom stereocenters. The number of rotatable bonds is 8. The SMILES string of the molecule is CC(C)c1cc(-c2ccc(-c3ccccc3)cc2)cc(C(C)C)c1-n1c(-c2[c-]ccc3c2oc2cc4c(ccc5ccccc54)cc23)nc2ccccc21.[2H]C([2H])([2H])c1c[c-]c(-c2cc(C(C)(C)C)ccn2)cc1-c1ccccc1.[Ir]. The average molecular weight is 1190 g/mol. The van der Waals surface area contributed by atoms with Crippen molar-refractivity contribution in [1.82, 2.24) is 14.5 Å². The smallest absolute Gasteiger partial charge is 0.121 e. The second-order valence-electron chi connectivity index (χ2n) is 21.8. The summed E-state index contributed by atoms with van der Waals surface area (Å²) < 4.78 is 32.8. The fraction of sp³-hybridized carbons (Fsp3) is 0.151. The van der Waals surface area contributed by atoms with E-state index in [0.29, 0.717) is 11.1 Å². The zero-order valence-electron chi connectivity index (χ0n) is 47.9. The van der Waals surface area contributed by atoms with Gasteiger partial charge in [-0.3, -0.25) is 4.98 Å². The van der Waals surface area contributed by atoms with E-state index in [1.165, 1.54) is 66.2 Å². The van der Waals surface area contributed by atoms with Gasteiger partial charge in [0.25, 0.3) is 0 Å². The molecule has 3 heterocycles. The van der Waals surface area contributed by atoms with E-state index in [0.717, 1.165) is 61.2 Å². The molecule has 0 fully saturated rings. The summed E-state index contributed by atoms with van der Waals surface area (Å²) in [5, 5.41) is 7.00. The van der Waals surface area contributed by atoms with Gasteiger partial charge in [0.1, 0.15) is 5.58 Å². The third-order valence-corrected chi connectivity index (χ3v) is 15.0. The van der Waals surface area contributed by atoms with E-state index in [-0.39, 0.29) is 37.4 Å². The van der Waals surface area contributed by atoms with E-state index in [1.54, 1.807) is 12.3 Å². The van der Waals surface area contributed by atoms with Crippen molar-refractivity contribution in [1.29, 1.82) is 0 Å². The van der Waals surface area contributed by atoms with Crippen LogP contribution < -0.4 is 0 Å². The summed E-state index contributed by atoms with van der Waals surface area (Å²) in [6.45, 7) is 13.5. The summed E-state index contributed by atoms with van der Waals surface area (Å²) in [4.78, 5) is 9.85. The Labute approximate surface area is 476 Å². The van der Waals surface area contributed by atoms with Crippen LogP contribution >= 0.6 is 0 Å². The Kier molecular flexibility index (Phi) is 13.2. The van der Waals surface area contributed by atoms with Crippen LogP contribution in [0.15, 0.2) is 217 Å². The van der Waals surface area contributed by atoms with E-state index in [4.69, 9.17) is 13.5 Å². The van der Waals surface area contributed by atoms with E-state index in [2.05, 4.69) is 222 Å². The molecule has 0 aliphatic rings. The van der Waals surface area contributed by atoms with Gasteiger partial charge in [0.15, 0.2) is 0 Å². The van der Waals surface area contributed by atoms with Crippen LogP contribution in [-0.2, 0) is 25.5 Å². The molecular weight excluding hydrogens is 1130 g/mol. The zero-order chi connectivity index (χ0) is 55.5. The first-order valence-electron chi connectivity index (χ1n) is 28.2. The Morgan fingerprint density at radius 2 is 1.21 bits per heavy atom. The molecule has 0 aliphatic carbocycles. The van der Waals surface area contributed by atoms with Crippen LogP contribution in [0.25, 0.3) is 116 Å². The number of fused-ring (bicyclic) bond motifs is 7. The van der Waals surface area contributed by atoms with Crippen LogP contribution in [0.3, 0.4) is 0 Å². The molecule has 4 nitrogen and oxygen atoms in total. The van der Waals surface area contributed by atoms with E-state index >= 15 is 0 Å². The predicted molar refractivity (Wildman–Crippen MR) is 324 cm³/mol. The van der Waals surface area contributed by atoms with Crippen molar-refractivity contribution in [3.05, 3.63) is 247 Å². The molecule has 0 unspecified atom stereocenters. The fourth-order valence-corrected chi connectivity index (χ4v) is 10.8. The Morgan fingerprint density at radius 3 is 1.91 bits per heavy atom. The Bertz CT molecular complexity index is 4410. The molecule has 3 aromatic heterocycles. The van der Waals surface area contributed by atoms with Crippen molar-refractivity contribution in [2.45, 2.75) is 72.6 Å². The van der Waals surface area contributed by atoms with Crippen LogP contribution in [-0.4, -0.2) is 14.5 Å². The number of nitrogens with zero attached hydrogens (tertiary/aromatic N) is 3. The van der Waals surface area contributed by atoms with Crippen molar-refractivity contribution in [2.24, 2.45) is 0 Å². The Morgan fingerprint density at radius 1 is 0.564 bits per heavy atom. The maximum atomic E-state index is 7.85.